The third kappa shape index (κ3) is 7.44. The van der Waals surface area contributed by atoms with E-state index in [1.54, 1.807) is 19.1 Å². The first-order chi connectivity index (χ1) is 17.7. The van der Waals surface area contributed by atoms with Gasteiger partial charge in [-0.2, -0.15) is 4.98 Å². The summed E-state index contributed by atoms with van der Waals surface area (Å²) < 4.78 is 40.2. The monoisotopic (exact) mass is 540 g/mol. The molecule has 2 atom stereocenters. The van der Waals surface area contributed by atoms with Gasteiger partial charge in [-0.3, -0.25) is 9.52 Å². The zero-order valence-electron chi connectivity index (χ0n) is 20.2. The van der Waals surface area contributed by atoms with Crippen LogP contribution in [0.3, 0.4) is 0 Å². The summed E-state index contributed by atoms with van der Waals surface area (Å²) in [6.07, 6.45) is 1.54. The molecule has 0 saturated heterocycles. The van der Waals surface area contributed by atoms with Crippen molar-refractivity contribution >= 4 is 33.2 Å². The Morgan fingerprint density at radius 1 is 1.05 bits per heavy atom. The molecular weight excluding hydrogens is 514 g/mol. The molecule has 0 fully saturated rings. The lowest BCUT2D eigenvalue weighted by molar-refractivity contribution is -0.123. The van der Waals surface area contributed by atoms with Crippen LogP contribution in [0, 0.1) is 6.92 Å². The van der Waals surface area contributed by atoms with E-state index >= 15 is 0 Å². The smallest absolute Gasteiger partial charge is 0.239 e. The summed E-state index contributed by atoms with van der Waals surface area (Å²) in [5.74, 6) is -0.300. The Kier molecular flexibility index (Phi) is 8.31. The lowest BCUT2D eigenvalue weighted by Crippen LogP contribution is -2.35. The highest BCUT2D eigenvalue weighted by Gasteiger charge is 2.30. The van der Waals surface area contributed by atoms with Crippen molar-refractivity contribution in [2.75, 3.05) is 4.72 Å². The van der Waals surface area contributed by atoms with Gasteiger partial charge in [0.05, 0.1) is 11.7 Å². The molecule has 194 valence electrons. The Balaban J connectivity index is 1.59. The van der Waals surface area contributed by atoms with Crippen molar-refractivity contribution in [1.82, 2.24) is 20.4 Å². The summed E-state index contributed by atoms with van der Waals surface area (Å²) in [4.78, 5) is 22.6. The van der Waals surface area contributed by atoms with Crippen LogP contribution in [0.5, 0.6) is 0 Å². The molecule has 2 aromatic heterocycles. The number of aryl methyl sites for hydroxylation is 2. The average Bonchev–Trinajstić information content (AvgIpc) is 3.52. The van der Waals surface area contributed by atoms with Crippen molar-refractivity contribution < 1.29 is 22.3 Å². The molecule has 0 aliphatic rings. The second kappa shape index (κ2) is 11.6. The van der Waals surface area contributed by atoms with Crippen LogP contribution in [0.2, 0.25) is 0 Å². The summed E-state index contributed by atoms with van der Waals surface area (Å²) in [5, 5.41) is 9.69. The normalized spacial score (nSPS) is 13.2. The van der Waals surface area contributed by atoms with E-state index in [9.17, 15) is 17.8 Å². The number of rotatable bonds is 11. The van der Waals surface area contributed by atoms with Crippen LogP contribution in [0.1, 0.15) is 52.4 Å². The fourth-order valence-corrected chi connectivity index (χ4v) is 5.18. The average molecular weight is 541 g/mol. The van der Waals surface area contributed by atoms with E-state index in [4.69, 9.17) is 4.52 Å². The van der Waals surface area contributed by atoms with E-state index in [0.717, 1.165) is 28.2 Å². The molecule has 2 aromatic carbocycles. The fraction of sp³-hybridized carbons (Fsp3) is 0.280. The number of nitrogens with one attached hydrogen (secondary N) is 2. The Hall–Kier alpha value is -3.61. The minimum absolute atomic E-state index is 0.163. The quantitative estimate of drug-likeness (QED) is 0.273. The molecule has 12 heteroatoms. The Labute approximate surface area is 219 Å². The van der Waals surface area contributed by atoms with Crippen molar-refractivity contribution in [3.05, 3.63) is 93.5 Å². The van der Waals surface area contributed by atoms with Gasteiger partial charge in [0.15, 0.2) is 16.1 Å². The maximum Gasteiger partial charge on any atom is 0.239 e. The predicted octanol–water partition coefficient (Wildman–Crippen LogP) is 3.70. The zero-order valence-corrected chi connectivity index (χ0v) is 21.9. The number of hydrogen-bond acceptors (Lipinski definition) is 9. The number of carbonyl (C=O) groups is 1. The summed E-state index contributed by atoms with van der Waals surface area (Å²) in [6, 6.07) is 15.5. The molecule has 0 aliphatic carbocycles. The Bertz CT molecular complexity index is 1440. The van der Waals surface area contributed by atoms with Crippen LogP contribution >= 0.6 is 11.3 Å². The predicted molar refractivity (Wildman–Crippen MR) is 138 cm³/mol. The van der Waals surface area contributed by atoms with Crippen LogP contribution in [0.4, 0.5) is 5.69 Å². The van der Waals surface area contributed by atoms with E-state index in [2.05, 4.69) is 20.4 Å². The van der Waals surface area contributed by atoms with E-state index in [1.165, 1.54) is 23.5 Å². The van der Waals surface area contributed by atoms with Gasteiger partial charge in [-0.05, 0) is 49.4 Å². The van der Waals surface area contributed by atoms with Crippen molar-refractivity contribution in [3.63, 3.8) is 0 Å². The first-order valence-electron chi connectivity index (χ1n) is 11.6. The third-order valence-corrected chi connectivity index (χ3v) is 7.12. The van der Waals surface area contributed by atoms with Crippen LogP contribution < -0.4 is 10.0 Å². The Morgan fingerprint density at radius 2 is 1.76 bits per heavy atom. The third-order valence-electron chi connectivity index (χ3n) is 5.62. The number of thiazole rings is 1. The number of carbonyl (C=O) groups excluding carboxylic acids is 1. The van der Waals surface area contributed by atoms with Crippen LogP contribution in [-0.2, 0) is 34.4 Å². The number of benzene rings is 2. The van der Waals surface area contributed by atoms with Gasteiger partial charge in [0.25, 0.3) is 0 Å². The number of hydrogen-bond donors (Lipinski definition) is 2. The van der Waals surface area contributed by atoms with Crippen molar-refractivity contribution in [3.8, 4) is 0 Å². The van der Waals surface area contributed by atoms with Crippen molar-refractivity contribution in [2.24, 2.45) is 0 Å². The van der Waals surface area contributed by atoms with E-state index in [0.29, 0.717) is 18.7 Å². The number of nitrogens with zero attached hydrogens (tertiary/aromatic N) is 3. The molecule has 2 heterocycles. The summed E-state index contributed by atoms with van der Waals surface area (Å²) in [7, 11) is -4.62. The molecule has 1 unspecified atom stereocenters. The number of anilines is 1. The molecule has 0 aliphatic heterocycles. The number of amides is 1. The molecule has 0 saturated carbocycles. The first-order valence-corrected chi connectivity index (χ1v) is 13.9. The molecule has 0 bridgehead atoms. The molecule has 2 N–H and O–H groups in total. The molecule has 1 amide bonds. The van der Waals surface area contributed by atoms with E-state index in [1.807, 2.05) is 47.4 Å². The van der Waals surface area contributed by atoms with Crippen LogP contribution in [0.15, 0.2) is 64.5 Å². The number of aromatic nitrogens is 3. The van der Waals surface area contributed by atoms with E-state index in [-0.39, 0.29) is 17.5 Å². The van der Waals surface area contributed by atoms with Gasteiger partial charge in [-0.1, -0.05) is 54.5 Å². The summed E-state index contributed by atoms with van der Waals surface area (Å²) in [6.45, 7) is 3.71. The first kappa shape index (κ1) is 26.5. The van der Waals surface area contributed by atoms with Gasteiger partial charge >= 0.3 is 0 Å². The second-order valence-electron chi connectivity index (χ2n) is 8.47. The molecular formula is C25H26N5O5S2-. The molecule has 37 heavy (non-hydrogen) atoms. The molecule has 0 radical (unpaired) electrons. The SMILES string of the molecule is CCc1csc([C@H](Cc2ccc(NS(=O)(=O)[O-])cc2)NC(=O)C(Cc2ccccc2)c2nc(C)no2)n1. The summed E-state index contributed by atoms with van der Waals surface area (Å²) >= 11 is 1.46. The highest BCUT2D eigenvalue weighted by atomic mass is 32.2. The van der Waals surface area contributed by atoms with Gasteiger partial charge in [0.1, 0.15) is 10.9 Å². The topological polar surface area (TPSA) is 150 Å². The minimum atomic E-state index is -4.62. The van der Waals surface area contributed by atoms with Crippen LogP contribution in [0.25, 0.3) is 0 Å². The fourth-order valence-electron chi connectivity index (χ4n) is 3.80. The molecule has 10 nitrogen and oxygen atoms in total. The maximum atomic E-state index is 13.6. The zero-order chi connectivity index (χ0) is 26.4. The maximum absolute atomic E-state index is 13.6. The van der Waals surface area contributed by atoms with Gasteiger partial charge in [-0.25, -0.2) is 13.4 Å². The Morgan fingerprint density at radius 3 is 2.35 bits per heavy atom. The highest BCUT2D eigenvalue weighted by Crippen LogP contribution is 2.27. The summed E-state index contributed by atoms with van der Waals surface area (Å²) in [5.41, 5.74) is 2.86. The van der Waals surface area contributed by atoms with E-state index < -0.39 is 22.3 Å². The van der Waals surface area contributed by atoms with Gasteiger partial charge < -0.3 is 14.4 Å². The molecule has 4 rings (SSSR count). The van der Waals surface area contributed by atoms with Crippen molar-refractivity contribution in [1.29, 1.82) is 0 Å². The lowest BCUT2D eigenvalue weighted by Gasteiger charge is -2.20. The largest absolute Gasteiger partial charge is 0.731 e. The van der Waals surface area contributed by atoms with Gasteiger partial charge in [0.2, 0.25) is 11.8 Å². The second-order valence-corrected chi connectivity index (χ2v) is 10.5. The lowest BCUT2D eigenvalue weighted by atomic mass is 9.97. The minimum Gasteiger partial charge on any atom is -0.731 e. The molecule has 4 aromatic rings. The highest BCUT2D eigenvalue weighted by molar-refractivity contribution is 7.87. The van der Waals surface area contributed by atoms with Gasteiger partial charge in [0, 0.05) is 11.1 Å². The molecule has 0 spiro atoms. The van der Waals surface area contributed by atoms with Crippen molar-refractivity contribution in [2.45, 2.75) is 45.1 Å². The van der Waals surface area contributed by atoms with Crippen LogP contribution in [-0.4, -0.2) is 34.0 Å². The van der Waals surface area contributed by atoms with Gasteiger partial charge in [-0.15, -0.1) is 11.3 Å². The standard InChI is InChI=1S/C25H27N5O5S2/c1-3-19-15-36-25(27-19)22(14-18-9-11-20(12-10-18)30-37(32,33)34)28-23(31)21(24-26-16(2)29-35-24)13-17-7-5-4-6-8-17/h4-12,15,21-22,30H,3,13-14H2,1-2H3,(H,28,31)(H,32,33,34)/p-1/t21?,22-/m0/s1.